The van der Waals surface area contributed by atoms with Crippen LogP contribution >= 0.6 is 11.6 Å². The van der Waals surface area contributed by atoms with Gasteiger partial charge in [0.25, 0.3) is 0 Å². The smallest absolute Gasteiger partial charge is 0.125 e. The lowest BCUT2D eigenvalue weighted by Crippen LogP contribution is -1.96. The van der Waals surface area contributed by atoms with Crippen LogP contribution in [0.25, 0.3) is 11.1 Å². The molecule has 3 rings (SSSR count). The van der Waals surface area contributed by atoms with Gasteiger partial charge in [-0.3, -0.25) is 0 Å². The highest BCUT2D eigenvalue weighted by Crippen LogP contribution is 2.34. The molecule has 4 heteroatoms. The number of halogens is 2. The summed E-state index contributed by atoms with van der Waals surface area (Å²) in [4.78, 5) is 0. The number of nitrogen functional groups attached to an aromatic ring is 1. The molecule has 1 fully saturated rings. The lowest BCUT2D eigenvalue weighted by atomic mass is 10.0. The van der Waals surface area contributed by atoms with Crippen LogP contribution < -0.4 is 10.5 Å². The molecule has 0 atom stereocenters. The summed E-state index contributed by atoms with van der Waals surface area (Å²) in [6.07, 6.45) is 2.60. The van der Waals surface area contributed by atoms with E-state index in [1.165, 1.54) is 12.1 Å². The fourth-order valence-electron chi connectivity index (χ4n) is 1.92. The summed E-state index contributed by atoms with van der Waals surface area (Å²) in [6.45, 7) is 0. The van der Waals surface area contributed by atoms with Crippen molar-refractivity contribution in [1.82, 2.24) is 0 Å². The van der Waals surface area contributed by atoms with Crippen molar-refractivity contribution in [3.8, 4) is 16.9 Å². The molecule has 2 aromatic rings. The molecule has 19 heavy (non-hydrogen) atoms. The van der Waals surface area contributed by atoms with Crippen LogP contribution in [0.15, 0.2) is 36.4 Å². The van der Waals surface area contributed by atoms with E-state index in [2.05, 4.69) is 0 Å². The summed E-state index contributed by atoms with van der Waals surface area (Å²) < 4.78 is 19.1. The summed E-state index contributed by atoms with van der Waals surface area (Å²) in [5.41, 5.74) is 7.69. The first-order valence-electron chi connectivity index (χ1n) is 6.15. The standard InChI is InChI=1S/C15H13ClFNO/c16-14-8-10(17)7-13(15(14)18)9-1-3-11(4-2-9)19-12-5-6-12/h1-4,7-8,12H,5-6,18H2. The Morgan fingerprint density at radius 2 is 1.84 bits per heavy atom. The van der Waals surface area contributed by atoms with Gasteiger partial charge in [0.2, 0.25) is 0 Å². The van der Waals surface area contributed by atoms with Crippen molar-refractivity contribution in [1.29, 1.82) is 0 Å². The predicted octanol–water partition coefficient (Wildman–Crippen LogP) is 4.27. The maximum Gasteiger partial charge on any atom is 0.125 e. The quantitative estimate of drug-likeness (QED) is 0.851. The van der Waals surface area contributed by atoms with Gasteiger partial charge in [-0.2, -0.15) is 0 Å². The molecule has 0 unspecified atom stereocenters. The van der Waals surface area contributed by atoms with Gasteiger partial charge in [-0.05, 0) is 42.7 Å². The van der Waals surface area contributed by atoms with Crippen molar-refractivity contribution in [2.75, 3.05) is 5.73 Å². The molecular formula is C15H13ClFNO. The van der Waals surface area contributed by atoms with Crippen LogP contribution in [0.4, 0.5) is 10.1 Å². The fourth-order valence-corrected chi connectivity index (χ4v) is 2.12. The summed E-state index contributed by atoms with van der Waals surface area (Å²) in [6, 6.07) is 10.1. The van der Waals surface area contributed by atoms with Crippen LogP contribution in [-0.2, 0) is 0 Å². The number of nitrogens with two attached hydrogens (primary N) is 1. The fraction of sp³-hybridized carbons (Fsp3) is 0.200. The number of hydrogen-bond acceptors (Lipinski definition) is 2. The van der Waals surface area contributed by atoms with E-state index in [9.17, 15) is 4.39 Å². The predicted molar refractivity (Wildman–Crippen MR) is 74.9 cm³/mol. The van der Waals surface area contributed by atoms with Crippen molar-refractivity contribution < 1.29 is 9.13 Å². The second-order valence-corrected chi connectivity index (χ2v) is 5.10. The zero-order valence-corrected chi connectivity index (χ0v) is 11.0. The van der Waals surface area contributed by atoms with Gasteiger partial charge in [-0.25, -0.2) is 4.39 Å². The van der Waals surface area contributed by atoms with Crippen LogP contribution in [0.1, 0.15) is 12.8 Å². The Kier molecular flexibility index (Phi) is 3.07. The highest BCUT2D eigenvalue weighted by Gasteiger charge is 2.23. The van der Waals surface area contributed by atoms with Gasteiger partial charge in [0, 0.05) is 5.56 Å². The van der Waals surface area contributed by atoms with E-state index < -0.39 is 5.82 Å². The first kappa shape index (κ1) is 12.3. The van der Waals surface area contributed by atoms with Gasteiger partial charge in [0.15, 0.2) is 0 Å². The third-order valence-electron chi connectivity index (χ3n) is 3.09. The molecule has 0 heterocycles. The highest BCUT2D eigenvalue weighted by atomic mass is 35.5. The molecule has 0 aromatic heterocycles. The molecule has 1 saturated carbocycles. The Bertz CT molecular complexity index is 608. The molecule has 1 aliphatic rings. The normalized spacial score (nSPS) is 14.4. The monoisotopic (exact) mass is 277 g/mol. The average Bonchev–Trinajstić information content (AvgIpc) is 3.19. The molecule has 1 aliphatic carbocycles. The Hall–Kier alpha value is -1.74. The molecule has 2 aromatic carbocycles. The van der Waals surface area contributed by atoms with Gasteiger partial charge in [0.1, 0.15) is 11.6 Å². The van der Waals surface area contributed by atoms with E-state index >= 15 is 0 Å². The molecule has 2 nitrogen and oxygen atoms in total. The molecule has 0 saturated heterocycles. The minimum absolute atomic E-state index is 0.230. The van der Waals surface area contributed by atoms with Gasteiger partial charge in [-0.15, -0.1) is 0 Å². The SMILES string of the molecule is Nc1c(Cl)cc(F)cc1-c1ccc(OC2CC2)cc1. The molecule has 0 aliphatic heterocycles. The molecule has 98 valence electrons. The van der Waals surface area contributed by atoms with E-state index in [-0.39, 0.29) is 5.02 Å². The van der Waals surface area contributed by atoms with E-state index in [1.54, 1.807) is 0 Å². The zero-order chi connectivity index (χ0) is 13.4. The maximum atomic E-state index is 13.4. The minimum atomic E-state index is -0.396. The molecule has 2 N–H and O–H groups in total. The zero-order valence-electron chi connectivity index (χ0n) is 10.2. The number of ether oxygens (including phenoxy) is 1. The largest absolute Gasteiger partial charge is 0.490 e. The number of rotatable bonds is 3. The second-order valence-electron chi connectivity index (χ2n) is 4.69. The van der Waals surface area contributed by atoms with Crippen molar-refractivity contribution in [2.45, 2.75) is 18.9 Å². The lowest BCUT2D eigenvalue weighted by Gasteiger charge is -2.09. The van der Waals surface area contributed by atoms with Crippen LogP contribution in [-0.4, -0.2) is 6.10 Å². The first-order valence-corrected chi connectivity index (χ1v) is 6.53. The maximum absolute atomic E-state index is 13.4. The van der Waals surface area contributed by atoms with Crippen molar-refractivity contribution >= 4 is 17.3 Å². The second kappa shape index (κ2) is 4.74. The summed E-state index contributed by atoms with van der Waals surface area (Å²) in [5.74, 6) is 0.430. The minimum Gasteiger partial charge on any atom is -0.490 e. The van der Waals surface area contributed by atoms with Crippen LogP contribution in [0.3, 0.4) is 0 Å². The van der Waals surface area contributed by atoms with Crippen LogP contribution in [0.5, 0.6) is 5.75 Å². The van der Waals surface area contributed by atoms with E-state index in [0.717, 1.165) is 24.2 Å². The van der Waals surface area contributed by atoms with Gasteiger partial charge in [0.05, 0.1) is 16.8 Å². The van der Waals surface area contributed by atoms with Gasteiger partial charge >= 0.3 is 0 Å². The molecule has 0 amide bonds. The molecule has 0 bridgehead atoms. The number of benzene rings is 2. The van der Waals surface area contributed by atoms with Crippen molar-refractivity contribution in [3.63, 3.8) is 0 Å². The summed E-state index contributed by atoms with van der Waals surface area (Å²) in [5, 5.41) is 0.230. The topological polar surface area (TPSA) is 35.2 Å². The van der Waals surface area contributed by atoms with Crippen LogP contribution in [0.2, 0.25) is 5.02 Å². The Balaban J connectivity index is 1.92. The average molecular weight is 278 g/mol. The van der Waals surface area contributed by atoms with Gasteiger partial charge in [-0.1, -0.05) is 23.7 Å². The third kappa shape index (κ3) is 2.66. The van der Waals surface area contributed by atoms with Crippen LogP contribution in [0, 0.1) is 5.82 Å². The van der Waals surface area contributed by atoms with E-state index in [4.69, 9.17) is 22.1 Å². The van der Waals surface area contributed by atoms with Gasteiger partial charge < -0.3 is 10.5 Å². The molecule has 0 radical (unpaired) electrons. The molecule has 0 spiro atoms. The third-order valence-corrected chi connectivity index (χ3v) is 3.40. The summed E-state index contributed by atoms with van der Waals surface area (Å²) >= 11 is 5.89. The molecular weight excluding hydrogens is 265 g/mol. The Morgan fingerprint density at radius 3 is 2.47 bits per heavy atom. The number of hydrogen-bond donors (Lipinski definition) is 1. The van der Waals surface area contributed by atoms with Crippen molar-refractivity contribution in [3.05, 3.63) is 47.2 Å². The lowest BCUT2D eigenvalue weighted by molar-refractivity contribution is 0.303. The van der Waals surface area contributed by atoms with E-state index in [1.807, 2.05) is 24.3 Å². The highest BCUT2D eigenvalue weighted by molar-refractivity contribution is 6.33. The van der Waals surface area contributed by atoms with Crippen molar-refractivity contribution in [2.24, 2.45) is 0 Å². The Labute approximate surface area is 115 Å². The summed E-state index contributed by atoms with van der Waals surface area (Å²) in [7, 11) is 0. The first-order chi connectivity index (χ1) is 9.13. The van der Waals surface area contributed by atoms with E-state index in [0.29, 0.717) is 17.4 Å². The Morgan fingerprint density at radius 1 is 1.16 bits per heavy atom. The number of anilines is 1.